The van der Waals surface area contributed by atoms with Crippen molar-refractivity contribution in [2.24, 2.45) is 0 Å². The Morgan fingerprint density at radius 2 is 1.67 bits per heavy atom. The summed E-state index contributed by atoms with van der Waals surface area (Å²) in [5.41, 5.74) is -0.807. The molecule has 0 amide bonds. The average Bonchev–Trinajstić information content (AvgIpc) is 2.34. The quantitative estimate of drug-likeness (QED) is 0.497. The molecule has 0 aromatic heterocycles. The van der Waals surface area contributed by atoms with Crippen molar-refractivity contribution in [1.82, 2.24) is 5.32 Å². The van der Waals surface area contributed by atoms with Gasteiger partial charge in [0, 0.05) is 25.7 Å². The van der Waals surface area contributed by atoms with Crippen molar-refractivity contribution in [2.75, 3.05) is 20.3 Å². The number of hydrogen-bond donors (Lipinski definition) is 1. The number of hydrogen-bond acceptors (Lipinski definition) is 4. The van der Waals surface area contributed by atoms with E-state index in [1.54, 1.807) is 6.92 Å². The third kappa shape index (κ3) is 9.68. The standard InChI is InChI=1S/C14H26F3NO3/c1-11(2)18-13(3,12(19)20-4)7-5-9-21-10-6-8-14(15,16)17/h11,18H,5-10H2,1-4H3. The van der Waals surface area contributed by atoms with E-state index in [1.165, 1.54) is 7.11 Å². The molecule has 0 aromatic rings. The summed E-state index contributed by atoms with van der Waals surface area (Å²) >= 11 is 0. The van der Waals surface area contributed by atoms with Crippen molar-refractivity contribution in [3.05, 3.63) is 0 Å². The minimum Gasteiger partial charge on any atom is -0.468 e. The molecule has 0 aliphatic carbocycles. The Morgan fingerprint density at radius 3 is 2.10 bits per heavy atom. The summed E-state index contributed by atoms with van der Waals surface area (Å²) < 4.78 is 45.7. The summed E-state index contributed by atoms with van der Waals surface area (Å²) in [6, 6.07) is 0.113. The molecule has 7 heteroatoms. The van der Waals surface area contributed by atoms with Crippen LogP contribution in [0, 0.1) is 0 Å². The first kappa shape index (κ1) is 20.2. The lowest BCUT2D eigenvalue weighted by molar-refractivity contribution is -0.148. The first-order valence-corrected chi connectivity index (χ1v) is 7.11. The smallest absolute Gasteiger partial charge is 0.389 e. The van der Waals surface area contributed by atoms with Crippen LogP contribution in [-0.2, 0) is 14.3 Å². The largest absolute Gasteiger partial charge is 0.468 e. The van der Waals surface area contributed by atoms with Crippen LogP contribution in [0.25, 0.3) is 0 Å². The lowest BCUT2D eigenvalue weighted by Gasteiger charge is -2.30. The van der Waals surface area contributed by atoms with Gasteiger partial charge in [-0.25, -0.2) is 0 Å². The van der Waals surface area contributed by atoms with E-state index in [-0.39, 0.29) is 25.0 Å². The van der Waals surface area contributed by atoms with Crippen LogP contribution >= 0.6 is 0 Å². The topological polar surface area (TPSA) is 47.6 Å². The summed E-state index contributed by atoms with van der Waals surface area (Å²) in [7, 11) is 1.33. The van der Waals surface area contributed by atoms with E-state index in [1.807, 2.05) is 13.8 Å². The van der Waals surface area contributed by atoms with E-state index in [0.29, 0.717) is 19.4 Å². The molecule has 1 N–H and O–H groups in total. The van der Waals surface area contributed by atoms with Crippen LogP contribution in [0.5, 0.6) is 0 Å². The summed E-state index contributed by atoms with van der Waals surface area (Å²) in [5, 5.41) is 3.15. The molecule has 0 aliphatic heterocycles. The van der Waals surface area contributed by atoms with Crippen molar-refractivity contribution in [3.8, 4) is 0 Å². The van der Waals surface area contributed by atoms with Gasteiger partial charge < -0.3 is 9.47 Å². The molecule has 0 heterocycles. The Hall–Kier alpha value is -0.820. The molecule has 0 spiro atoms. The predicted molar refractivity (Wildman–Crippen MR) is 74.0 cm³/mol. The van der Waals surface area contributed by atoms with E-state index >= 15 is 0 Å². The lowest BCUT2D eigenvalue weighted by atomic mass is 9.95. The molecule has 0 bridgehead atoms. The second-order valence-electron chi connectivity index (χ2n) is 5.56. The SMILES string of the molecule is COC(=O)C(C)(CCCOCCCC(F)(F)F)NC(C)C. The molecule has 0 rings (SSSR count). The van der Waals surface area contributed by atoms with Crippen LogP contribution in [-0.4, -0.2) is 44.0 Å². The second kappa shape index (κ2) is 9.25. The number of nitrogens with one attached hydrogen (secondary N) is 1. The molecule has 0 radical (unpaired) electrons. The second-order valence-corrected chi connectivity index (χ2v) is 5.56. The maximum absolute atomic E-state index is 11.9. The molecule has 0 fully saturated rings. The minimum atomic E-state index is -4.13. The van der Waals surface area contributed by atoms with Crippen molar-refractivity contribution < 1.29 is 27.4 Å². The van der Waals surface area contributed by atoms with Crippen LogP contribution in [0.2, 0.25) is 0 Å². The molecule has 4 nitrogen and oxygen atoms in total. The van der Waals surface area contributed by atoms with Gasteiger partial charge in [0.1, 0.15) is 5.54 Å². The van der Waals surface area contributed by atoms with Gasteiger partial charge in [-0.3, -0.25) is 10.1 Å². The highest BCUT2D eigenvalue weighted by molar-refractivity contribution is 5.80. The van der Waals surface area contributed by atoms with Gasteiger partial charge in [0.05, 0.1) is 7.11 Å². The summed E-state index contributed by atoms with van der Waals surface area (Å²) in [6.45, 7) is 6.00. The van der Waals surface area contributed by atoms with Crippen LogP contribution in [0.4, 0.5) is 13.2 Å². The van der Waals surface area contributed by atoms with Gasteiger partial charge in [0.2, 0.25) is 0 Å². The van der Waals surface area contributed by atoms with E-state index in [2.05, 4.69) is 5.32 Å². The fourth-order valence-corrected chi connectivity index (χ4v) is 2.10. The number of alkyl halides is 3. The van der Waals surface area contributed by atoms with Crippen molar-refractivity contribution >= 4 is 5.97 Å². The summed E-state index contributed by atoms with van der Waals surface area (Å²) in [4.78, 5) is 11.8. The molecule has 0 saturated heterocycles. The highest BCUT2D eigenvalue weighted by Gasteiger charge is 2.34. The van der Waals surface area contributed by atoms with Crippen LogP contribution < -0.4 is 5.32 Å². The Kier molecular flexibility index (Phi) is 8.89. The van der Waals surface area contributed by atoms with Crippen molar-refractivity contribution in [2.45, 2.75) is 64.2 Å². The fourth-order valence-electron chi connectivity index (χ4n) is 2.10. The Morgan fingerprint density at radius 1 is 1.14 bits per heavy atom. The molecule has 0 saturated carbocycles. The van der Waals surface area contributed by atoms with Gasteiger partial charge in [0.25, 0.3) is 0 Å². The number of carbonyl (C=O) groups is 1. The molecule has 21 heavy (non-hydrogen) atoms. The third-order valence-electron chi connectivity index (χ3n) is 2.96. The van der Waals surface area contributed by atoms with Gasteiger partial charge in [-0.05, 0) is 40.0 Å². The van der Waals surface area contributed by atoms with Crippen LogP contribution in [0.3, 0.4) is 0 Å². The number of halogens is 3. The number of carbonyl (C=O) groups excluding carboxylic acids is 1. The zero-order chi connectivity index (χ0) is 16.5. The average molecular weight is 313 g/mol. The van der Waals surface area contributed by atoms with Gasteiger partial charge in [-0.15, -0.1) is 0 Å². The van der Waals surface area contributed by atoms with Gasteiger partial charge in [-0.1, -0.05) is 0 Å². The molecule has 0 aliphatic rings. The maximum Gasteiger partial charge on any atom is 0.389 e. The fraction of sp³-hybridized carbons (Fsp3) is 0.929. The van der Waals surface area contributed by atoms with Crippen LogP contribution in [0.15, 0.2) is 0 Å². The zero-order valence-electron chi connectivity index (χ0n) is 13.2. The number of rotatable bonds is 10. The first-order valence-electron chi connectivity index (χ1n) is 7.11. The molecule has 1 unspecified atom stereocenters. The van der Waals surface area contributed by atoms with Crippen molar-refractivity contribution in [1.29, 1.82) is 0 Å². The van der Waals surface area contributed by atoms with E-state index in [9.17, 15) is 18.0 Å². The number of ether oxygens (including phenoxy) is 2. The third-order valence-corrected chi connectivity index (χ3v) is 2.96. The number of methoxy groups -OCH3 is 1. The van der Waals surface area contributed by atoms with E-state index in [4.69, 9.17) is 9.47 Å². The van der Waals surface area contributed by atoms with Gasteiger partial charge in [-0.2, -0.15) is 13.2 Å². The van der Waals surface area contributed by atoms with Crippen LogP contribution in [0.1, 0.15) is 46.5 Å². The molecule has 1 atom stereocenters. The monoisotopic (exact) mass is 313 g/mol. The summed E-state index contributed by atoms with van der Waals surface area (Å²) in [5.74, 6) is -0.353. The lowest BCUT2D eigenvalue weighted by Crippen LogP contribution is -2.53. The molecule has 126 valence electrons. The van der Waals surface area contributed by atoms with E-state index < -0.39 is 18.1 Å². The molecular weight excluding hydrogens is 287 g/mol. The van der Waals surface area contributed by atoms with E-state index in [0.717, 1.165) is 0 Å². The van der Waals surface area contributed by atoms with Gasteiger partial charge >= 0.3 is 12.1 Å². The highest BCUT2D eigenvalue weighted by Crippen LogP contribution is 2.21. The Bertz CT molecular complexity index is 308. The maximum atomic E-state index is 11.9. The summed E-state index contributed by atoms with van der Waals surface area (Å²) in [6.07, 6.45) is -3.94. The molecular formula is C14H26F3NO3. The Balaban J connectivity index is 3.97. The first-order chi connectivity index (χ1) is 9.60. The number of esters is 1. The molecule has 0 aromatic carbocycles. The zero-order valence-corrected chi connectivity index (χ0v) is 13.2. The van der Waals surface area contributed by atoms with Crippen molar-refractivity contribution in [3.63, 3.8) is 0 Å². The predicted octanol–water partition coefficient (Wildman–Crippen LogP) is 3.06. The van der Waals surface area contributed by atoms with Gasteiger partial charge in [0.15, 0.2) is 0 Å². The minimum absolute atomic E-state index is 0.0397. The normalized spacial score (nSPS) is 15.0. The highest BCUT2D eigenvalue weighted by atomic mass is 19.4. The Labute approximate surface area is 124 Å².